The van der Waals surface area contributed by atoms with Crippen molar-refractivity contribution in [3.05, 3.63) is 0 Å². The molecular formula is C22H39NO2. The molecule has 144 valence electrons. The summed E-state index contributed by atoms with van der Waals surface area (Å²) in [4.78, 5) is 0. The van der Waals surface area contributed by atoms with E-state index in [-0.39, 0.29) is 6.29 Å². The average molecular weight is 350 g/mol. The molecule has 1 aliphatic carbocycles. The van der Waals surface area contributed by atoms with Gasteiger partial charge in [-0.25, -0.2) is 0 Å². The average Bonchev–Trinajstić information content (AvgIpc) is 2.67. The Morgan fingerprint density at radius 3 is 2.12 bits per heavy atom. The maximum absolute atomic E-state index is 9.65. The maximum atomic E-state index is 9.65. The van der Waals surface area contributed by atoms with Gasteiger partial charge in [-0.1, -0.05) is 65.2 Å². The first-order valence-corrected chi connectivity index (χ1v) is 10.9. The first-order valence-electron chi connectivity index (χ1n) is 10.9. The van der Waals surface area contributed by atoms with Crippen molar-refractivity contribution in [1.82, 2.24) is 0 Å². The molecular weight excluding hydrogens is 310 g/mol. The van der Waals surface area contributed by atoms with Crippen molar-refractivity contribution in [1.29, 1.82) is 5.26 Å². The molecule has 0 aromatic heterocycles. The first kappa shape index (κ1) is 20.7. The van der Waals surface area contributed by atoms with E-state index in [4.69, 9.17) is 9.47 Å². The SMILES string of the molecule is CCCCCCCC1(C#N)COC(C2CCC(CCCC)CC2)OC1. The van der Waals surface area contributed by atoms with Gasteiger partial charge in [-0.2, -0.15) is 5.26 Å². The lowest BCUT2D eigenvalue weighted by Crippen LogP contribution is -2.44. The normalized spacial score (nSPS) is 33.1. The van der Waals surface area contributed by atoms with E-state index >= 15 is 0 Å². The summed E-state index contributed by atoms with van der Waals surface area (Å²) in [6.07, 6.45) is 16.2. The highest BCUT2D eigenvalue weighted by Gasteiger charge is 2.40. The standard InChI is InChI=1S/C22H39NO2/c1-3-5-7-8-9-15-22(16-23)17-24-21(25-18-22)20-13-11-19(12-14-20)10-6-4-2/h19-21H,3-15,17-18H2,1-2H3. The largest absolute Gasteiger partial charge is 0.351 e. The highest BCUT2D eigenvalue weighted by atomic mass is 16.7. The Hall–Kier alpha value is -0.590. The van der Waals surface area contributed by atoms with Crippen LogP contribution in [0.25, 0.3) is 0 Å². The van der Waals surface area contributed by atoms with E-state index in [2.05, 4.69) is 19.9 Å². The van der Waals surface area contributed by atoms with Crippen LogP contribution in [-0.4, -0.2) is 19.5 Å². The Bertz CT molecular complexity index is 387. The van der Waals surface area contributed by atoms with Gasteiger partial charge < -0.3 is 9.47 Å². The molecule has 1 saturated heterocycles. The van der Waals surface area contributed by atoms with Gasteiger partial charge in [0, 0.05) is 5.92 Å². The van der Waals surface area contributed by atoms with Crippen molar-refractivity contribution >= 4 is 0 Å². The van der Waals surface area contributed by atoms with Crippen LogP contribution in [0.15, 0.2) is 0 Å². The maximum Gasteiger partial charge on any atom is 0.160 e. The number of nitrogens with zero attached hydrogens (tertiary/aromatic N) is 1. The zero-order valence-corrected chi connectivity index (χ0v) is 16.6. The molecule has 1 aliphatic heterocycles. The Balaban J connectivity index is 1.68. The Kier molecular flexibility index (Phi) is 9.28. The zero-order chi connectivity index (χ0) is 18.0. The molecule has 0 unspecified atom stereocenters. The van der Waals surface area contributed by atoms with Gasteiger partial charge in [0.25, 0.3) is 0 Å². The summed E-state index contributed by atoms with van der Waals surface area (Å²) in [5, 5.41) is 9.65. The lowest BCUT2D eigenvalue weighted by Gasteiger charge is -2.40. The van der Waals surface area contributed by atoms with Crippen molar-refractivity contribution < 1.29 is 9.47 Å². The fourth-order valence-electron chi connectivity index (χ4n) is 4.42. The van der Waals surface area contributed by atoms with E-state index in [0.717, 1.165) is 18.8 Å². The second-order valence-electron chi connectivity index (χ2n) is 8.47. The molecule has 0 N–H and O–H groups in total. The predicted octanol–water partition coefficient (Wildman–Crippen LogP) is 6.23. The molecule has 2 aliphatic rings. The fourth-order valence-corrected chi connectivity index (χ4v) is 4.42. The van der Waals surface area contributed by atoms with Crippen molar-refractivity contribution in [2.45, 2.75) is 104 Å². The lowest BCUT2D eigenvalue weighted by molar-refractivity contribution is -0.244. The summed E-state index contributed by atoms with van der Waals surface area (Å²) in [5.41, 5.74) is -0.402. The zero-order valence-electron chi connectivity index (χ0n) is 16.6. The Morgan fingerprint density at radius 1 is 0.880 bits per heavy atom. The third kappa shape index (κ3) is 6.57. The molecule has 0 atom stereocenters. The lowest BCUT2D eigenvalue weighted by atomic mass is 9.79. The third-order valence-electron chi connectivity index (χ3n) is 6.29. The third-order valence-corrected chi connectivity index (χ3v) is 6.29. The molecule has 3 heteroatoms. The summed E-state index contributed by atoms with van der Waals surface area (Å²) in [6, 6.07) is 2.51. The van der Waals surface area contributed by atoms with E-state index in [1.807, 2.05) is 0 Å². The topological polar surface area (TPSA) is 42.2 Å². The Morgan fingerprint density at radius 2 is 1.52 bits per heavy atom. The number of rotatable bonds is 10. The van der Waals surface area contributed by atoms with Crippen LogP contribution in [0.2, 0.25) is 0 Å². The molecule has 0 spiro atoms. The quantitative estimate of drug-likeness (QED) is 0.439. The molecule has 2 fully saturated rings. The van der Waals surface area contributed by atoms with E-state index in [0.29, 0.717) is 19.1 Å². The number of nitriles is 1. The second-order valence-corrected chi connectivity index (χ2v) is 8.47. The number of hydrogen-bond acceptors (Lipinski definition) is 3. The van der Waals surface area contributed by atoms with Crippen LogP contribution in [0, 0.1) is 28.6 Å². The van der Waals surface area contributed by atoms with E-state index in [1.54, 1.807) is 0 Å². The summed E-state index contributed by atoms with van der Waals surface area (Å²) in [7, 11) is 0. The van der Waals surface area contributed by atoms with Crippen LogP contribution in [0.3, 0.4) is 0 Å². The van der Waals surface area contributed by atoms with Gasteiger partial charge in [-0.15, -0.1) is 0 Å². The van der Waals surface area contributed by atoms with Crippen LogP contribution in [0.1, 0.15) is 97.3 Å². The smallest absolute Gasteiger partial charge is 0.160 e. The molecule has 0 amide bonds. The molecule has 2 rings (SSSR count). The molecule has 3 nitrogen and oxygen atoms in total. The van der Waals surface area contributed by atoms with Gasteiger partial charge in [0.2, 0.25) is 0 Å². The molecule has 0 aromatic rings. The van der Waals surface area contributed by atoms with Crippen LogP contribution in [-0.2, 0) is 9.47 Å². The highest BCUT2D eigenvalue weighted by molar-refractivity contribution is 5.00. The van der Waals surface area contributed by atoms with Crippen molar-refractivity contribution in [2.24, 2.45) is 17.3 Å². The van der Waals surface area contributed by atoms with Crippen LogP contribution >= 0.6 is 0 Å². The van der Waals surface area contributed by atoms with Gasteiger partial charge >= 0.3 is 0 Å². The van der Waals surface area contributed by atoms with Crippen molar-refractivity contribution in [3.63, 3.8) is 0 Å². The minimum absolute atomic E-state index is 0.0614. The molecule has 25 heavy (non-hydrogen) atoms. The minimum Gasteiger partial charge on any atom is -0.351 e. The molecule has 0 aromatic carbocycles. The monoisotopic (exact) mass is 349 g/mol. The predicted molar refractivity (Wildman–Crippen MR) is 102 cm³/mol. The van der Waals surface area contributed by atoms with Gasteiger partial charge in [0.15, 0.2) is 6.29 Å². The highest BCUT2D eigenvalue weighted by Crippen LogP contribution is 2.38. The van der Waals surface area contributed by atoms with E-state index < -0.39 is 5.41 Å². The number of ether oxygens (including phenoxy) is 2. The van der Waals surface area contributed by atoms with E-state index in [1.165, 1.54) is 70.6 Å². The first-order chi connectivity index (χ1) is 12.2. The Labute approximate surface area is 155 Å². The van der Waals surface area contributed by atoms with Gasteiger partial charge in [0.05, 0.1) is 19.3 Å². The van der Waals surface area contributed by atoms with Crippen LogP contribution in [0.5, 0.6) is 0 Å². The summed E-state index contributed by atoms with van der Waals surface area (Å²) in [5.74, 6) is 1.46. The van der Waals surface area contributed by atoms with Crippen LogP contribution in [0.4, 0.5) is 0 Å². The molecule has 0 bridgehead atoms. The molecule has 0 radical (unpaired) electrons. The number of unbranched alkanes of at least 4 members (excludes halogenated alkanes) is 5. The van der Waals surface area contributed by atoms with Gasteiger partial charge in [0.1, 0.15) is 5.41 Å². The van der Waals surface area contributed by atoms with E-state index in [9.17, 15) is 5.26 Å². The summed E-state index contributed by atoms with van der Waals surface area (Å²) >= 11 is 0. The number of hydrogen-bond donors (Lipinski definition) is 0. The van der Waals surface area contributed by atoms with Crippen LogP contribution < -0.4 is 0 Å². The molecule has 1 heterocycles. The second kappa shape index (κ2) is 11.2. The van der Waals surface area contributed by atoms with Crippen molar-refractivity contribution in [2.75, 3.05) is 13.2 Å². The van der Waals surface area contributed by atoms with Gasteiger partial charge in [-0.3, -0.25) is 0 Å². The van der Waals surface area contributed by atoms with Crippen molar-refractivity contribution in [3.8, 4) is 6.07 Å². The fraction of sp³-hybridized carbons (Fsp3) is 0.955. The minimum atomic E-state index is -0.402. The summed E-state index contributed by atoms with van der Waals surface area (Å²) < 4.78 is 12.1. The molecule has 1 saturated carbocycles. The van der Waals surface area contributed by atoms with Gasteiger partial charge in [-0.05, 0) is 38.0 Å². The summed E-state index contributed by atoms with van der Waals surface area (Å²) in [6.45, 7) is 5.65.